The number of hydrogen-bond donors (Lipinski definition) is 1. The van der Waals surface area contributed by atoms with Gasteiger partial charge in [-0.2, -0.15) is 4.80 Å². The third-order valence-corrected chi connectivity index (χ3v) is 3.46. The fourth-order valence-corrected chi connectivity index (χ4v) is 2.46. The van der Waals surface area contributed by atoms with Crippen molar-refractivity contribution in [3.05, 3.63) is 21.9 Å². The van der Waals surface area contributed by atoms with Gasteiger partial charge in [-0.15, -0.1) is 21.5 Å². The first-order valence-corrected chi connectivity index (χ1v) is 6.36. The van der Waals surface area contributed by atoms with Gasteiger partial charge in [-0.3, -0.25) is 0 Å². The molecule has 2 aromatic heterocycles. The van der Waals surface area contributed by atoms with Crippen LogP contribution in [0.15, 0.2) is 5.38 Å². The Hall–Kier alpha value is -1.34. The van der Waals surface area contributed by atoms with Gasteiger partial charge >= 0.3 is 0 Å². The molecule has 0 saturated carbocycles. The minimum Gasteiger partial charge on any atom is -0.316 e. The summed E-state index contributed by atoms with van der Waals surface area (Å²) in [6.45, 7) is 2.01. The van der Waals surface area contributed by atoms with E-state index in [0.29, 0.717) is 6.04 Å². The van der Waals surface area contributed by atoms with Crippen LogP contribution in [-0.4, -0.2) is 38.3 Å². The van der Waals surface area contributed by atoms with Crippen LogP contribution in [-0.2, 0) is 19.9 Å². The third kappa shape index (κ3) is 3.31. The van der Waals surface area contributed by atoms with E-state index in [1.165, 1.54) is 4.80 Å². The topological polar surface area (TPSA) is 68.5 Å². The molecule has 0 aliphatic heterocycles. The van der Waals surface area contributed by atoms with Crippen molar-refractivity contribution < 1.29 is 0 Å². The molecule has 7 heteroatoms. The lowest BCUT2D eigenvalue weighted by Gasteiger charge is -2.11. The van der Waals surface area contributed by atoms with Gasteiger partial charge in [0.2, 0.25) is 0 Å². The van der Waals surface area contributed by atoms with E-state index in [0.717, 1.165) is 29.4 Å². The summed E-state index contributed by atoms with van der Waals surface area (Å²) in [5, 5.41) is 18.5. The fourth-order valence-electron chi connectivity index (χ4n) is 1.61. The van der Waals surface area contributed by atoms with E-state index >= 15 is 0 Å². The molecule has 0 radical (unpaired) electrons. The monoisotopic (exact) mass is 252 g/mol. The van der Waals surface area contributed by atoms with Crippen LogP contribution in [0, 0.1) is 6.92 Å². The van der Waals surface area contributed by atoms with Gasteiger partial charge in [0.15, 0.2) is 5.82 Å². The number of nitrogens with one attached hydrogen (secondary N) is 1. The van der Waals surface area contributed by atoms with E-state index in [1.807, 2.05) is 14.0 Å². The number of tetrazole rings is 1. The quantitative estimate of drug-likeness (QED) is 0.831. The lowest BCUT2D eigenvalue weighted by Crippen LogP contribution is -2.30. The molecule has 0 bridgehead atoms. The van der Waals surface area contributed by atoms with E-state index < -0.39 is 0 Å². The average molecular weight is 252 g/mol. The zero-order chi connectivity index (χ0) is 12.3. The second kappa shape index (κ2) is 5.33. The summed E-state index contributed by atoms with van der Waals surface area (Å²) in [5.41, 5.74) is 1.08. The Morgan fingerprint density at radius 3 is 2.82 bits per heavy atom. The Kier molecular flexibility index (Phi) is 3.80. The number of thiazole rings is 1. The molecule has 17 heavy (non-hydrogen) atoms. The first-order valence-electron chi connectivity index (χ1n) is 5.48. The summed E-state index contributed by atoms with van der Waals surface area (Å²) < 4.78 is 0. The number of hydrogen-bond acceptors (Lipinski definition) is 6. The first kappa shape index (κ1) is 12.1. The van der Waals surface area contributed by atoms with Crippen molar-refractivity contribution >= 4 is 11.3 Å². The average Bonchev–Trinajstić information content (AvgIpc) is 2.87. The number of nitrogens with zero attached hydrogens (tertiary/aromatic N) is 5. The third-order valence-electron chi connectivity index (χ3n) is 2.47. The Balaban J connectivity index is 1.97. The molecule has 2 heterocycles. The van der Waals surface area contributed by atoms with Crippen LogP contribution in [0.2, 0.25) is 0 Å². The van der Waals surface area contributed by atoms with E-state index in [2.05, 4.69) is 31.1 Å². The van der Waals surface area contributed by atoms with E-state index in [-0.39, 0.29) is 0 Å². The van der Waals surface area contributed by atoms with Gasteiger partial charge in [0.25, 0.3) is 0 Å². The van der Waals surface area contributed by atoms with Crippen LogP contribution in [0.25, 0.3) is 0 Å². The van der Waals surface area contributed by atoms with Crippen LogP contribution >= 0.6 is 11.3 Å². The Bertz CT molecular complexity index is 434. The maximum absolute atomic E-state index is 4.46. The molecule has 0 saturated heterocycles. The van der Waals surface area contributed by atoms with Crippen molar-refractivity contribution in [2.75, 3.05) is 7.05 Å². The highest BCUT2D eigenvalue weighted by Gasteiger charge is 2.13. The van der Waals surface area contributed by atoms with Crippen LogP contribution in [0.5, 0.6) is 0 Å². The summed E-state index contributed by atoms with van der Waals surface area (Å²) in [6, 6.07) is 0.296. The van der Waals surface area contributed by atoms with E-state index in [4.69, 9.17) is 0 Å². The maximum Gasteiger partial charge on any atom is 0.176 e. The van der Waals surface area contributed by atoms with Gasteiger partial charge in [0.1, 0.15) is 0 Å². The van der Waals surface area contributed by atoms with Gasteiger partial charge < -0.3 is 5.32 Å². The highest BCUT2D eigenvalue weighted by atomic mass is 32.1. The number of aryl methyl sites for hydroxylation is 2. The normalized spacial score (nSPS) is 12.9. The number of likely N-dealkylation sites (N-methyl/N-ethyl adjacent to an activating group) is 1. The molecule has 0 aliphatic rings. The minimum atomic E-state index is 0.296. The molecule has 0 aliphatic carbocycles. The van der Waals surface area contributed by atoms with Crippen LogP contribution < -0.4 is 5.32 Å². The minimum absolute atomic E-state index is 0.296. The maximum atomic E-state index is 4.46. The smallest absolute Gasteiger partial charge is 0.176 e. The molecule has 1 N–H and O–H groups in total. The Labute approximate surface area is 104 Å². The van der Waals surface area contributed by atoms with Crippen molar-refractivity contribution in [2.45, 2.75) is 25.8 Å². The van der Waals surface area contributed by atoms with Gasteiger partial charge in [0.05, 0.1) is 12.1 Å². The molecule has 0 fully saturated rings. The highest BCUT2D eigenvalue weighted by molar-refractivity contribution is 7.09. The molecular weight excluding hydrogens is 236 g/mol. The molecule has 0 amide bonds. The standard InChI is InChI=1S/C10H16N6S/c1-7-6-17-10(12-7)5-8(11-2)4-9-13-15-16(3)14-9/h6,8,11H,4-5H2,1-3H3. The number of aromatic nitrogens is 5. The number of rotatable bonds is 5. The lowest BCUT2D eigenvalue weighted by molar-refractivity contribution is 0.539. The molecule has 2 aromatic rings. The van der Waals surface area contributed by atoms with Gasteiger partial charge in [-0.05, 0) is 19.2 Å². The van der Waals surface area contributed by atoms with Crippen LogP contribution in [0.4, 0.5) is 0 Å². The summed E-state index contributed by atoms with van der Waals surface area (Å²) in [7, 11) is 3.72. The summed E-state index contributed by atoms with van der Waals surface area (Å²) in [6.07, 6.45) is 1.66. The second-order valence-corrected chi connectivity index (χ2v) is 4.91. The molecule has 92 valence electrons. The van der Waals surface area contributed by atoms with Gasteiger partial charge in [-0.25, -0.2) is 4.98 Å². The Morgan fingerprint density at radius 2 is 2.29 bits per heavy atom. The molecule has 0 aromatic carbocycles. The van der Waals surface area contributed by atoms with Crippen LogP contribution in [0.3, 0.4) is 0 Å². The largest absolute Gasteiger partial charge is 0.316 e. The molecule has 2 rings (SSSR count). The van der Waals surface area contributed by atoms with Crippen LogP contribution in [0.1, 0.15) is 16.5 Å². The zero-order valence-electron chi connectivity index (χ0n) is 10.2. The van der Waals surface area contributed by atoms with Gasteiger partial charge in [0, 0.05) is 30.0 Å². The SMILES string of the molecule is CNC(Cc1nnn(C)n1)Cc1nc(C)cs1. The molecule has 6 nitrogen and oxygen atoms in total. The predicted molar refractivity (Wildman–Crippen MR) is 65.9 cm³/mol. The first-order chi connectivity index (χ1) is 8.17. The van der Waals surface area contributed by atoms with Gasteiger partial charge in [-0.1, -0.05) is 0 Å². The highest BCUT2D eigenvalue weighted by Crippen LogP contribution is 2.12. The summed E-state index contributed by atoms with van der Waals surface area (Å²) in [4.78, 5) is 5.94. The summed E-state index contributed by atoms with van der Waals surface area (Å²) >= 11 is 1.70. The van der Waals surface area contributed by atoms with Crippen molar-refractivity contribution in [3.63, 3.8) is 0 Å². The molecule has 1 unspecified atom stereocenters. The predicted octanol–water partition coefficient (Wildman–Crippen LogP) is 0.348. The van der Waals surface area contributed by atoms with E-state index in [9.17, 15) is 0 Å². The van der Waals surface area contributed by atoms with Crippen molar-refractivity contribution in [1.29, 1.82) is 0 Å². The lowest BCUT2D eigenvalue weighted by atomic mass is 10.1. The van der Waals surface area contributed by atoms with E-state index in [1.54, 1.807) is 18.4 Å². The second-order valence-electron chi connectivity index (χ2n) is 3.97. The fraction of sp³-hybridized carbons (Fsp3) is 0.600. The summed E-state index contributed by atoms with van der Waals surface area (Å²) in [5.74, 6) is 0.764. The zero-order valence-corrected chi connectivity index (χ0v) is 11.0. The molecular formula is C10H16N6S. The van der Waals surface area contributed by atoms with Crippen molar-refractivity contribution in [2.24, 2.45) is 7.05 Å². The molecule has 1 atom stereocenters. The molecule has 0 spiro atoms. The van der Waals surface area contributed by atoms with Crippen molar-refractivity contribution in [3.8, 4) is 0 Å². The Morgan fingerprint density at radius 1 is 1.47 bits per heavy atom. The van der Waals surface area contributed by atoms with Crippen molar-refractivity contribution in [1.82, 2.24) is 30.5 Å².